The van der Waals surface area contributed by atoms with Crippen molar-refractivity contribution in [1.82, 2.24) is 20.9 Å². The maximum atomic E-state index is 14.4. The van der Waals surface area contributed by atoms with Crippen molar-refractivity contribution in [2.45, 2.75) is 116 Å². The molecule has 2 aliphatic heterocycles. The van der Waals surface area contributed by atoms with Crippen molar-refractivity contribution in [3.63, 3.8) is 0 Å². The Labute approximate surface area is 262 Å². The van der Waals surface area contributed by atoms with Crippen molar-refractivity contribution in [2.75, 3.05) is 6.54 Å². The van der Waals surface area contributed by atoms with Crippen LogP contribution in [0.25, 0.3) is 0 Å². The largest absolute Gasteiger partial charge is 0.357 e. The Morgan fingerprint density at radius 1 is 1.07 bits per heavy atom. The van der Waals surface area contributed by atoms with Crippen LogP contribution in [0.4, 0.5) is 0 Å². The van der Waals surface area contributed by atoms with Crippen LogP contribution in [0, 0.1) is 52.3 Å². The standard InChI is InChI=1S/C36H52N4O4/c1-21-9-12-36(39-18-21)22(2)33-29(44-36)15-28-26-8-7-24-14-25(10-11-34(24,3)27(26)16-30(41)35(28,33)4)40-32(43)17-31(42)38-20-23-6-5-13-37-19-23/h5-6,13,19,21-22,24-29,33,39H,7-12,14-18,20H2,1-4H3,(H,38,42)(H,40,43)/t21-,22-,24+,25+,26+,27-,28-,29-,33-,34-,35+,36+/m0/s1. The van der Waals surface area contributed by atoms with Gasteiger partial charge in [-0.25, -0.2) is 0 Å². The third-order valence-electron chi connectivity index (χ3n) is 13.9. The minimum Gasteiger partial charge on any atom is -0.357 e. The van der Waals surface area contributed by atoms with E-state index in [4.69, 9.17) is 4.74 Å². The minimum atomic E-state index is -0.286. The van der Waals surface area contributed by atoms with E-state index >= 15 is 0 Å². The zero-order chi connectivity index (χ0) is 30.9. The first kappa shape index (κ1) is 30.3. The second-order valence-electron chi connectivity index (χ2n) is 16.0. The summed E-state index contributed by atoms with van der Waals surface area (Å²) in [5, 5.41) is 9.81. The minimum absolute atomic E-state index is 0.0924. The molecule has 3 N–H and O–H groups in total. The van der Waals surface area contributed by atoms with Gasteiger partial charge in [-0.1, -0.05) is 33.8 Å². The molecule has 4 saturated carbocycles. The summed E-state index contributed by atoms with van der Waals surface area (Å²) in [6.45, 7) is 10.8. The Kier molecular flexibility index (Phi) is 7.71. The van der Waals surface area contributed by atoms with Gasteiger partial charge in [-0.05, 0) is 98.0 Å². The number of ether oxygens (including phenoxy) is 1. The van der Waals surface area contributed by atoms with Crippen LogP contribution in [0.15, 0.2) is 24.5 Å². The van der Waals surface area contributed by atoms with Gasteiger partial charge in [0, 0.05) is 55.2 Å². The van der Waals surface area contributed by atoms with Crippen LogP contribution in [0.3, 0.4) is 0 Å². The Morgan fingerprint density at radius 2 is 1.91 bits per heavy atom. The van der Waals surface area contributed by atoms with E-state index in [2.05, 4.69) is 48.6 Å². The zero-order valence-corrected chi connectivity index (χ0v) is 27.1. The van der Waals surface area contributed by atoms with Gasteiger partial charge in [0.2, 0.25) is 11.8 Å². The molecule has 240 valence electrons. The quantitative estimate of drug-likeness (QED) is 0.418. The molecule has 0 radical (unpaired) electrons. The van der Waals surface area contributed by atoms with E-state index in [-0.39, 0.29) is 46.9 Å². The molecular formula is C36H52N4O4. The Balaban J connectivity index is 0.977. The fraction of sp³-hybridized carbons (Fsp3) is 0.778. The molecule has 4 aliphatic carbocycles. The summed E-state index contributed by atoms with van der Waals surface area (Å²) in [4.78, 5) is 43.6. The summed E-state index contributed by atoms with van der Waals surface area (Å²) in [7, 11) is 0. The van der Waals surface area contributed by atoms with E-state index in [1.807, 2.05) is 12.1 Å². The smallest absolute Gasteiger partial charge is 0.229 e. The van der Waals surface area contributed by atoms with E-state index < -0.39 is 0 Å². The van der Waals surface area contributed by atoms with Gasteiger partial charge in [-0.2, -0.15) is 0 Å². The number of fused-ring (bicyclic) bond motifs is 7. The number of hydrogen-bond donors (Lipinski definition) is 3. The second kappa shape index (κ2) is 11.2. The number of ketones is 1. The summed E-state index contributed by atoms with van der Waals surface area (Å²) in [5.74, 6) is 3.24. The van der Waals surface area contributed by atoms with E-state index in [1.165, 1.54) is 12.8 Å². The topological polar surface area (TPSA) is 109 Å². The number of pyridine rings is 1. The van der Waals surface area contributed by atoms with Gasteiger partial charge in [0.1, 0.15) is 17.9 Å². The molecule has 3 heterocycles. The average molecular weight is 605 g/mol. The van der Waals surface area contributed by atoms with Gasteiger partial charge < -0.3 is 15.4 Å². The van der Waals surface area contributed by atoms with E-state index in [9.17, 15) is 14.4 Å². The van der Waals surface area contributed by atoms with Crippen molar-refractivity contribution >= 4 is 17.6 Å². The number of Topliss-reactive ketones (excluding diaryl/α,β-unsaturated/α-hetero) is 1. The number of nitrogens with one attached hydrogen (secondary N) is 3. The maximum absolute atomic E-state index is 14.4. The predicted molar refractivity (Wildman–Crippen MR) is 167 cm³/mol. The number of hydrogen-bond acceptors (Lipinski definition) is 6. The molecule has 6 fully saturated rings. The van der Waals surface area contributed by atoms with Gasteiger partial charge in [0.25, 0.3) is 0 Å². The van der Waals surface area contributed by atoms with Gasteiger partial charge >= 0.3 is 0 Å². The zero-order valence-electron chi connectivity index (χ0n) is 27.1. The molecule has 12 atom stereocenters. The lowest BCUT2D eigenvalue weighted by Crippen LogP contribution is -2.60. The van der Waals surface area contributed by atoms with Gasteiger partial charge in [0.05, 0.1) is 6.10 Å². The molecule has 2 amide bonds. The van der Waals surface area contributed by atoms with Crippen LogP contribution in [0.5, 0.6) is 0 Å². The summed E-state index contributed by atoms with van der Waals surface area (Å²) >= 11 is 0. The van der Waals surface area contributed by atoms with Gasteiger partial charge in [-0.15, -0.1) is 0 Å². The first-order chi connectivity index (χ1) is 21.0. The highest BCUT2D eigenvalue weighted by atomic mass is 16.5. The van der Waals surface area contributed by atoms with Crippen molar-refractivity contribution in [3.8, 4) is 0 Å². The first-order valence-corrected chi connectivity index (χ1v) is 17.4. The van der Waals surface area contributed by atoms with Crippen molar-refractivity contribution in [3.05, 3.63) is 30.1 Å². The van der Waals surface area contributed by atoms with Crippen LogP contribution in [-0.2, 0) is 25.7 Å². The monoisotopic (exact) mass is 604 g/mol. The lowest BCUT2D eigenvalue weighted by Gasteiger charge is -2.60. The third kappa shape index (κ3) is 4.85. The van der Waals surface area contributed by atoms with Crippen molar-refractivity contribution in [2.24, 2.45) is 52.3 Å². The van der Waals surface area contributed by atoms with Crippen LogP contribution < -0.4 is 16.0 Å². The first-order valence-electron chi connectivity index (χ1n) is 17.4. The SMILES string of the molecule is C[C@H]1CC[C@@]2(NC1)O[C@H]1C[C@H]3[C@@H]4CC[C@@H]5C[C@H](NC(=O)CC(=O)NCc6cccnc6)CC[C@]5(C)[C@H]4CC(=O)[C@]3(C)[C@H]1[C@@H]2C. The van der Waals surface area contributed by atoms with E-state index in [1.54, 1.807) is 12.4 Å². The normalized spacial score (nSPS) is 46.0. The van der Waals surface area contributed by atoms with Crippen LogP contribution in [-0.4, -0.2) is 47.0 Å². The number of nitrogens with zero attached hydrogens (tertiary/aromatic N) is 1. The highest BCUT2D eigenvalue weighted by molar-refractivity contribution is 5.97. The van der Waals surface area contributed by atoms with Crippen LogP contribution >= 0.6 is 0 Å². The number of aromatic nitrogens is 1. The summed E-state index contributed by atoms with van der Waals surface area (Å²) in [6.07, 6.45) is 12.6. The number of carbonyl (C=O) groups is 3. The Bertz CT molecular complexity index is 1280. The van der Waals surface area contributed by atoms with Gasteiger partial charge in [0.15, 0.2) is 0 Å². The third-order valence-corrected chi connectivity index (χ3v) is 13.9. The van der Waals surface area contributed by atoms with Crippen molar-refractivity contribution < 1.29 is 19.1 Å². The molecule has 1 spiro atoms. The highest BCUT2D eigenvalue weighted by Crippen LogP contribution is 2.70. The molecule has 0 unspecified atom stereocenters. The summed E-state index contributed by atoms with van der Waals surface area (Å²) in [6, 6.07) is 3.83. The Morgan fingerprint density at radius 3 is 2.66 bits per heavy atom. The maximum Gasteiger partial charge on any atom is 0.229 e. The summed E-state index contributed by atoms with van der Waals surface area (Å²) in [5.41, 5.74) is 0.493. The lowest BCUT2D eigenvalue weighted by molar-refractivity contribution is -0.160. The number of carbonyl (C=O) groups excluding carboxylic acids is 3. The fourth-order valence-electron chi connectivity index (χ4n) is 11.5. The Hall–Kier alpha value is -2.32. The number of rotatable bonds is 5. The van der Waals surface area contributed by atoms with Crippen LogP contribution in [0.2, 0.25) is 0 Å². The predicted octanol–water partition coefficient (Wildman–Crippen LogP) is 4.77. The number of piperidine rings is 1. The van der Waals surface area contributed by atoms with Crippen molar-refractivity contribution in [1.29, 1.82) is 0 Å². The molecular weight excluding hydrogens is 552 g/mol. The molecule has 0 aromatic carbocycles. The molecule has 8 nitrogen and oxygen atoms in total. The molecule has 6 aliphatic rings. The molecule has 2 saturated heterocycles. The van der Waals surface area contributed by atoms with E-state index in [0.717, 1.165) is 50.6 Å². The molecule has 44 heavy (non-hydrogen) atoms. The molecule has 7 rings (SSSR count). The molecule has 8 heteroatoms. The molecule has 1 aromatic rings. The molecule has 0 bridgehead atoms. The fourth-order valence-corrected chi connectivity index (χ4v) is 11.5. The molecule has 1 aromatic heterocycles. The number of amides is 2. The van der Waals surface area contributed by atoms with Crippen LogP contribution in [0.1, 0.15) is 97.5 Å². The van der Waals surface area contributed by atoms with Gasteiger partial charge in [-0.3, -0.25) is 24.7 Å². The lowest BCUT2D eigenvalue weighted by atomic mass is 9.44. The van der Waals surface area contributed by atoms with E-state index in [0.29, 0.717) is 60.2 Å². The summed E-state index contributed by atoms with van der Waals surface area (Å²) < 4.78 is 6.97. The highest BCUT2D eigenvalue weighted by Gasteiger charge is 2.71. The average Bonchev–Trinajstić information content (AvgIpc) is 3.45. The second-order valence-corrected chi connectivity index (χ2v) is 16.0.